The van der Waals surface area contributed by atoms with E-state index in [9.17, 15) is 14.0 Å². The van der Waals surface area contributed by atoms with Crippen LogP contribution in [0, 0.1) is 11.7 Å². The fraction of sp³-hybridized carbons (Fsp3) is 0.333. The summed E-state index contributed by atoms with van der Waals surface area (Å²) >= 11 is 0. The number of carbonyl (C=O) groups excluding carboxylic acids is 2. The summed E-state index contributed by atoms with van der Waals surface area (Å²) in [7, 11) is 0. The Kier molecular flexibility index (Phi) is 6.21. The van der Waals surface area contributed by atoms with Crippen LogP contribution in [-0.4, -0.2) is 31.7 Å². The summed E-state index contributed by atoms with van der Waals surface area (Å²) in [6, 6.07) is 8.54. The maximum Gasteiger partial charge on any atom is 0.340 e. The lowest BCUT2D eigenvalue weighted by Gasteiger charge is -2.25. The largest absolute Gasteiger partial charge is 0.486 e. The average Bonchev–Trinajstić information content (AvgIpc) is 2.69. The molecule has 1 aliphatic rings. The predicted octanol–water partition coefficient (Wildman–Crippen LogP) is 2.85. The topological polar surface area (TPSA) is 99.9 Å². The molecule has 1 aliphatic heterocycles. The fourth-order valence-corrected chi connectivity index (χ4v) is 3.03. The van der Waals surface area contributed by atoms with Crippen LogP contribution in [0.25, 0.3) is 0 Å². The first-order valence-corrected chi connectivity index (χ1v) is 9.26. The van der Waals surface area contributed by atoms with Crippen LogP contribution in [0.5, 0.6) is 11.5 Å². The number of anilines is 1. The lowest BCUT2D eigenvalue weighted by Crippen LogP contribution is -2.35. The van der Waals surface area contributed by atoms with Crippen molar-refractivity contribution in [1.29, 1.82) is 0 Å². The number of nitrogen functional groups attached to an aromatic ring is 1. The van der Waals surface area contributed by atoms with Gasteiger partial charge in [0.15, 0.2) is 18.1 Å². The van der Waals surface area contributed by atoms with Crippen LogP contribution in [-0.2, 0) is 9.53 Å². The van der Waals surface area contributed by atoms with Crippen molar-refractivity contribution in [1.82, 2.24) is 5.32 Å². The molecule has 1 unspecified atom stereocenters. The standard InChI is InChI=1S/C21H23FN2O5/c1-12(2)20(13-3-6-17-18(9-13)28-8-7-27-17)24-19(25)11-29-21(26)15-5-4-14(22)10-16(15)23/h3-6,9-10,12,20H,7-8,11,23H2,1-2H3,(H,24,25). The molecule has 0 radical (unpaired) electrons. The number of hydrogen-bond acceptors (Lipinski definition) is 6. The van der Waals surface area contributed by atoms with Crippen LogP contribution in [0.2, 0.25) is 0 Å². The number of halogens is 1. The molecule has 0 aromatic heterocycles. The van der Waals surface area contributed by atoms with Gasteiger partial charge in [-0.15, -0.1) is 0 Å². The average molecular weight is 402 g/mol. The molecule has 0 saturated carbocycles. The van der Waals surface area contributed by atoms with E-state index in [1.165, 1.54) is 6.07 Å². The van der Waals surface area contributed by atoms with E-state index in [2.05, 4.69) is 5.32 Å². The highest BCUT2D eigenvalue weighted by molar-refractivity contribution is 5.96. The number of hydrogen-bond donors (Lipinski definition) is 2. The molecule has 1 heterocycles. The van der Waals surface area contributed by atoms with Crippen molar-refractivity contribution in [2.75, 3.05) is 25.6 Å². The highest BCUT2D eigenvalue weighted by Gasteiger charge is 2.22. The zero-order chi connectivity index (χ0) is 21.0. The van der Waals surface area contributed by atoms with E-state index < -0.39 is 24.3 Å². The van der Waals surface area contributed by atoms with Crippen LogP contribution < -0.4 is 20.5 Å². The molecule has 1 amide bonds. The Morgan fingerprint density at radius 2 is 1.86 bits per heavy atom. The highest BCUT2D eigenvalue weighted by atomic mass is 19.1. The maximum absolute atomic E-state index is 13.1. The first-order valence-electron chi connectivity index (χ1n) is 9.26. The molecule has 8 heteroatoms. The van der Waals surface area contributed by atoms with Crippen molar-refractivity contribution in [2.45, 2.75) is 19.9 Å². The van der Waals surface area contributed by atoms with Gasteiger partial charge in [-0.3, -0.25) is 4.79 Å². The number of ether oxygens (including phenoxy) is 3. The van der Waals surface area contributed by atoms with Crippen LogP contribution in [0.1, 0.15) is 35.8 Å². The third kappa shape index (κ3) is 4.96. The zero-order valence-electron chi connectivity index (χ0n) is 16.2. The fourth-order valence-electron chi connectivity index (χ4n) is 3.03. The summed E-state index contributed by atoms with van der Waals surface area (Å²) in [4.78, 5) is 24.5. The summed E-state index contributed by atoms with van der Waals surface area (Å²) in [5.41, 5.74) is 6.43. The summed E-state index contributed by atoms with van der Waals surface area (Å²) in [5, 5.41) is 2.87. The number of rotatable bonds is 6. The van der Waals surface area contributed by atoms with Crippen molar-refractivity contribution in [3.8, 4) is 11.5 Å². The molecule has 0 aliphatic carbocycles. The first-order chi connectivity index (χ1) is 13.8. The Bertz CT molecular complexity index is 916. The van der Waals surface area contributed by atoms with E-state index in [4.69, 9.17) is 19.9 Å². The predicted molar refractivity (Wildman–Crippen MR) is 104 cm³/mol. The van der Waals surface area contributed by atoms with E-state index >= 15 is 0 Å². The monoisotopic (exact) mass is 402 g/mol. The smallest absolute Gasteiger partial charge is 0.340 e. The van der Waals surface area contributed by atoms with Gasteiger partial charge in [0.05, 0.1) is 11.6 Å². The first kappa shape index (κ1) is 20.4. The van der Waals surface area contributed by atoms with Crippen LogP contribution in [0.15, 0.2) is 36.4 Å². The number of amides is 1. The molecule has 29 heavy (non-hydrogen) atoms. The van der Waals surface area contributed by atoms with Gasteiger partial charge in [-0.05, 0) is 41.8 Å². The molecule has 0 bridgehead atoms. The maximum atomic E-state index is 13.1. The molecule has 3 rings (SSSR count). The molecular formula is C21H23FN2O5. The van der Waals surface area contributed by atoms with Crippen LogP contribution >= 0.6 is 0 Å². The second kappa shape index (κ2) is 8.81. The van der Waals surface area contributed by atoms with Gasteiger partial charge in [0.2, 0.25) is 0 Å². The number of nitrogens with one attached hydrogen (secondary N) is 1. The number of benzene rings is 2. The van der Waals surface area contributed by atoms with Crippen molar-refractivity contribution < 1.29 is 28.2 Å². The van der Waals surface area contributed by atoms with Gasteiger partial charge in [-0.25, -0.2) is 9.18 Å². The third-order valence-corrected chi connectivity index (χ3v) is 4.48. The molecule has 0 spiro atoms. The normalized spacial score (nSPS) is 13.7. The molecular weight excluding hydrogens is 379 g/mol. The number of carbonyl (C=O) groups is 2. The Morgan fingerprint density at radius 1 is 1.14 bits per heavy atom. The van der Waals surface area contributed by atoms with Gasteiger partial charge in [-0.1, -0.05) is 19.9 Å². The van der Waals surface area contributed by atoms with Crippen LogP contribution in [0.3, 0.4) is 0 Å². The summed E-state index contributed by atoms with van der Waals surface area (Å²) in [6.07, 6.45) is 0. The van der Waals surface area contributed by atoms with E-state index in [0.29, 0.717) is 24.7 Å². The summed E-state index contributed by atoms with van der Waals surface area (Å²) < 4.78 is 29.2. The lowest BCUT2D eigenvalue weighted by atomic mass is 9.95. The lowest BCUT2D eigenvalue weighted by molar-refractivity contribution is -0.125. The second-order valence-corrected chi connectivity index (χ2v) is 7.00. The highest BCUT2D eigenvalue weighted by Crippen LogP contribution is 2.34. The van der Waals surface area contributed by atoms with Crippen molar-refractivity contribution in [3.63, 3.8) is 0 Å². The number of esters is 1. The van der Waals surface area contributed by atoms with Crippen LogP contribution in [0.4, 0.5) is 10.1 Å². The molecule has 0 saturated heterocycles. The minimum atomic E-state index is -0.793. The molecule has 2 aromatic carbocycles. The van der Waals surface area contributed by atoms with E-state index in [1.807, 2.05) is 32.0 Å². The summed E-state index contributed by atoms with van der Waals surface area (Å²) in [6.45, 7) is 4.42. The number of nitrogens with two attached hydrogens (primary N) is 1. The Hall–Kier alpha value is -3.29. The van der Waals surface area contributed by atoms with Gasteiger partial charge in [-0.2, -0.15) is 0 Å². The minimum Gasteiger partial charge on any atom is -0.486 e. The van der Waals surface area contributed by atoms with E-state index in [1.54, 1.807) is 0 Å². The quantitative estimate of drug-likeness (QED) is 0.569. The van der Waals surface area contributed by atoms with Crippen molar-refractivity contribution in [3.05, 3.63) is 53.3 Å². The molecule has 0 fully saturated rings. The Balaban J connectivity index is 1.63. The molecule has 3 N–H and O–H groups in total. The van der Waals surface area contributed by atoms with Gasteiger partial charge >= 0.3 is 5.97 Å². The Morgan fingerprint density at radius 3 is 2.55 bits per heavy atom. The zero-order valence-corrected chi connectivity index (χ0v) is 16.2. The molecule has 154 valence electrons. The molecule has 7 nitrogen and oxygen atoms in total. The summed E-state index contributed by atoms with van der Waals surface area (Å²) in [5.74, 6) is -0.446. The van der Waals surface area contributed by atoms with E-state index in [-0.39, 0.29) is 23.2 Å². The number of fused-ring (bicyclic) bond motifs is 1. The van der Waals surface area contributed by atoms with Gasteiger partial charge in [0, 0.05) is 5.69 Å². The molecule has 2 aromatic rings. The molecule has 1 atom stereocenters. The SMILES string of the molecule is CC(C)C(NC(=O)COC(=O)c1ccc(F)cc1N)c1ccc2c(c1)OCCO2. The van der Waals surface area contributed by atoms with Crippen molar-refractivity contribution in [2.24, 2.45) is 5.92 Å². The minimum absolute atomic E-state index is 0.00597. The second-order valence-electron chi connectivity index (χ2n) is 7.00. The van der Waals surface area contributed by atoms with Crippen molar-refractivity contribution >= 4 is 17.6 Å². The third-order valence-electron chi connectivity index (χ3n) is 4.48. The van der Waals surface area contributed by atoms with Gasteiger partial charge in [0.25, 0.3) is 5.91 Å². The Labute approximate surface area is 167 Å². The van der Waals surface area contributed by atoms with Gasteiger partial charge < -0.3 is 25.3 Å². The van der Waals surface area contributed by atoms with E-state index in [0.717, 1.165) is 17.7 Å². The van der Waals surface area contributed by atoms with Gasteiger partial charge in [0.1, 0.15) is 19.0 Å².